The van der Waals surface area contributed by atoms with Crippen LogP contribution in [0.5, 0.6) is 11.5 Å². The molecule has 0 fully saturated rings. The zero-order valence-electron chi connectivity index (χ0n) is 14.1. The van der Waals surface area contributed by atoms with Crippen molar-refractivity contribution in [1.29, 1.82) is 0 Å². The Morgan fingerprint density at radius 2 is 2.00 bits per heavy atom. The standard InChI is InChI=1S/C19H18ClNO5/c1-25-15-6-7-16-12(9-15)8-13(10-26-16)18(22)21-17(19(23)24)11-2-4-14(20)5-3-11/h2-7,9,13,17H,8,10H2,1H3,(H,21,22)(H,23,24). The molecule has 7 heteroatoms. The molecular weight excluding hydrogens is 358 g/mol. The lowest BCUT2D eigenvalue weighted by molar-refractivity contribution is -0.143. The van der Waals surface area contributed by atoms with E-state index in [4.69, 9.17) is 21.1 Å². The molecule has 6 nitrogen and oxygen atoms in total. The zero-order valence-corrected chi connectivity index (χ0v) is 14.8. The molecule has 2 aromatic carbocycles. The van der Waals surface area contributed by atoms with E-state index < -0.39 is 17.9 Å². The Morgan fingerprint density at radius 3 is 2.65 bits per heavy atom. The van der Waals surface area contributed by atoms with Gasteiger partial charge in [-0.05, 0) is 47.9 Å². The predicted molar refractivity (Wildman–Crippen MR) is 95.7 cm³/mol. The fourth-order valence-electron chi connectivity index (χ4n) is 2.87. The first-order chi connectivity index (χ1) is 12.5. The quantitative estimate of drug-likeness (QED) is 0.839. The summed E-state index contributed by atoms with van der Waals surface area (Å²) in [6.07, 6.45) is 0.450. The van der Waals surface area contributed by atoms with Gasteiger partial charge in [0.05, 0.1) is 13.0 Å². The van der Waals surface area contributed by atoms with E-state index in [9.17, 15) is 14.7 Å². The molecule has 1 aliphatic heterocycles. The lowest BCUT2D eigenvalue weighted by Gasteiger charge is -2.26. The topological polar surface area (TPSA) is 84.9 Å². The second-order valence-corrected chi connectivity index (χ2v) is 6.45. The van der Waals surface area contributed by atoms with Gasteiger partial charge in [-0.15, -0.1) is 0 Å². The van der Waals surface area contributed by atoms with Gasteiger partial charge in [0, 0.05) is 5.02 Å². The summed E-state index contributed by atoms with van der Waals surface area (Å²) in [7, 11) is 1.57. The van der Waals surface area contributed by atoms with Crippen molar-refractivity contribution in [2.75, 3.05) is 13.7 Å². The van der Waals surface area contributed by atoms with Gasteiger partial charge in [-0.3, -0.25) is 4.79 Å². The summed E-state index contributed by atoms with van der Waals surface area (Å²) in [6, 6.07) is 10.6. The number of hydrogen-bond acceptors (Lipinski definition) is 4. The fraction of sp³-hybridized carbons (Fsp3) is 0.263. The number of methoxy groups -OCH3 is 1. The van der Waals surface area contributed by atoms with Crippen LogP contribution in [-0.4, -0.2) is 30.7 Å². The molecule has 2 atom stereocenters. The molecule has 26 heavy (non-hydrogen) atoms. The summed E-state index contributed by atoms with van der Waals surface area (Å²) in [4.78, 5) is 24.2. The SMILES string of the molecule is COc1ccc2c(c1)CC(C(=O)NC(C(=O)O)c1ccc(Cl)cc1)CO2. The van der Waals surface area contributed by atoms with Gasteiger partial charge < -0.3 is 19.9 Å². The molecule has 0 bridgehead atoms. The summed E-state index contributed by atoms with van der Waals surface area (Å²) in [5.41, 5.74) is 1.31. The van der Waals surface area contributed by atoms with Crippen LogP contribution in [0.2, 0.25) is 5.02 Å². The first-order valence-corrected chi connectivity index (χ1v) is 8.44. The van der Waals surface area contributed by atoms with Gasteiger partial charge in [0.2, 0.25) is 5.91 Å². The Kier molecular flexibility index (Phi) is 5.32. The minimum atomic E-state index is -1.15. The van der Waals surface area contributed by atoms with Gasteiger partial charge in [0.25, 0.3) is 0 Å². The Balaban J connectivity index is 1.74. The Hall–Kier alpha value is -2.73. The van der Waals surface area contributed by atoms with Crippen molar-refractivity contribution in [3.8, 4) is 11.5 Å². The summed E-state index contributed by atoms with van der Waals surface area (Å²) >= 11 is 5.83. The highest BCUT2D eigenvalue weighted by Gasteiger charge is 2.30. The van der Waals surface area contributed by atoms with Crippen LogP contribution >= 0.6 is 11.6 Å². The second kappa shape index (κ2) is 7.66. The molecule has 2 N–H and O–H groups in total. The molecule has 0 aliphatic carbocycles. The van der Waals surface area contributed by atoms with Crippen LogP contribution in [0.1, 0.15) is 17.2 Å². The predicted octanol–water partition coefficient (Wildman–Crippen LogP) is 2.84. The van der Waals surface area contributed by atoms with Gasteiger partial charge >= 0.3 is 5.97 Å². The maximum Gasteiger partial charge on any atom is 0.330 e. The van der Waals surface area contributed by atoms with E-state index in [1.165, 1.54) is 0 Å². The van der Waals surface area contributed by atoms with E-state index in [0.717, 1.165) is 5.56 Å². The summed E-state index contributed by atoms with van der Waals surface area (Å²) < 4.78 is 10.8. The Morgan fingerprint density at radius 1 is 1.27 bits per heavy atom. The molecule has 0 radical (unpaired) electrons. The molecule has 136 valence electrons. The number of carbonyl (C=O) groups excluding carboxylic acids is 1. The highest BCUT2D eigenvalue weighted by molar-refractivity contribution is 6.30. The lowest BCUT2D eigenvalue weighted by Crippen LogP contribution is -2.41. The summed E-state index contributed by atoms with van der Waals surface area (Å²) in [5, 5.41) is 12.6. The minimum Gasteiger partial charge on any atom is -0.497 e. The third-order valence-electron chi connectivity index (χ3n) is 4.28. The lowest BCUT2D eigenvalue weighted by atomic mass is 9.95. The van der Waals surface area contributed by atoms with Crippen molar-refractivity contribution in [2.45, 2.75) is 12.5 Å². The number of ether oxygens (including phenoxy) is 2. The molecule has 0 saturated carbocycles. The Labute approximate surface area is 155 Å². The van der Waals surface area contributed by atoms with Gasteiger partial charge in [-0.1, -0.05) is 23.7 Å². The number of rotatable bonds is 5. The number of carboxylic acids is 1. The summed E-state index contributed by atoms with van der Waals surface area (Å²) in [5.74, 6) is -0.607. The zero-order chi connectivity index (χ0) is 18.7. The third-order valence-corrected chi connectivity index (χ3v) is 4.53. The average Bonchev–Trinajstić information content (AvgIpc) is 2.65. The molecule has 0 spiro atoms. The molecule has 3 rings (SSSR count). The molecule has 1 heterocycles. The van der Waals surface area contributed by atoms with Crippen LogP contribution < -0.4 is 14.8 Å². The van der Waals surface area contributed by atoms with Gasteiger partial charge in [-0.25, -0.2) is 4.79 Å². The normalized spacial score (nSPS) is 16.8. The number of aliphatic carboxylic acids is 1. The first-order valence-electron chi connectivity index (χ1n) is 8.06. The highest BCUT2D eigenvalue weighted by atomic mass is 35.5. The van der Waals surface area contributed by atoms with Crippen LogP contribution in [-0.2, 0) is 16.0 Å². The van der Waals surface area contributed by atoms with Crippen molar-refractivity contribution in [3.05, 3.63) is 58.6 Å². The largest absolute Gasteiger partial charge is 0.497 e. The van der Waals surface area contributed by atoms with Gasteiger partial charge in [0.15, 0.2) is 6.04 Å². The second-order valence-electron chi connectivity index (χ2n) is 6.02. The maximum atomic E-state index is 12.6. The number of fused-ring (bicyclic) bond motifs is 1. The van der Waals surface area contributed by atoms with Gasteiger partial charge in [0.1, 0.15) is 18.1 Å². The monoisotopic (exact) mass is 375 g/mol. The van der Waals surface area contributed by atoms with Crippen molar-refractivity contribution >= 4 is 23.5 Å². The molecular formula is C19H18ClNO5. The molecule has 1 aliphatic rings. The van der Waals surface area contributed by atoms with Crippen LogP contribution in [0.3, 0.4) is 0 Å². The molecule has 0 aromatic heterocycles. The minimum absolute atomic E-state index is 0.193. The third kappa shape index (κ3) is 3.91. The molecule has 2 unspecified atom stereocenters. The van der Waals surface area contributed by atoms with Gasteiger partial charge in [-0.2, -0.15) is 0 Å². The molecule has 0 saturated heterocycles. The number of hydrogen-bond donors (Lipinski definition) is 2. The molecule has 1 amide bonds. The summed E-state index contributed by atoms with van der Waals surface area (Å²) in [6.45, 7) is 0.193. The van der Waals surface area contributed by atoms with Crippen LogP contribution in [0, 0.1) is 5.92 Å². The van der Waals surface area contributed by atoms with Crippen LogP contribution in [0.4, 0.5) is 0 Å². The van der Waals surface area contributed by atoms with Crippen molar-refractivity contribution < 1.29 is 24.2 Å². The number of nitrogens with one attached hydrogen (secondary N) is 1. The van der Waals surface area contributed by atoms with E-state index in [1.807, 2.05) is 6.07 Å². The van der Waals surface area contributed by atoms with E-state index in [2.05, 4.69) is 5.32 Å². The molecule has 2 aromatic rings. The number of amides is 1. The number of halogens is 1. The van der Waals surface area contributed by atoms with Crippen LogP contribution in [0.15, 0.2) is 42.5 Å². The van der Waals surface area contributed by atoms with Crippen LogP contribution in [0.25, 0.3) is 0 Å². The van der Waals surface area contributed by atoms with E-state index in [1.54, 1.807) is 43.5 Å². The fourth-order valence-corrected chi connectivity index (χ4v) is 3.00. The van der Waals surface area contributed by atoms with Crippen molar-refractivity contribution in [1.82, 2.24) is 5.32 Å². The van der Waals surface area contributed by atoms with Crippen molar-refractivity contribution in [3.63, 3.8) is 0 Å². The van der Waals surface area contributed by atoms with E-state index in [-0.39, 0.29) is 12.5 Å². The Bertz CT molecular complexity index is 821. The number of carbonyl (C=O) groups is 2. The maximum absolute atomic E-state index is 12.6. The first kappa shape index (κ1) is 18.1. The smallest absolute Gasteiger partial charge is 0.330 e. The number of benzene rings is 2. The van der Waals surface area contributed by atoms with E-state index in [0.29, 0.717) is 28.5 Å². The van der Waals surface area contributed by atoms with Crippen molar-refractivity contribution in [2.24, 2.45) is 5.92 Å². The highest BCUT2D eigenvalue weighted by Crippen LogP contribution is 2.31. The number of carboxylic acid groups (broad SMARTS) is 1. The van der Waals surface area contributed by atoms with E-state index >= 15 is 0 Å². The average molecular weight is 376 g/mol.